The molecule has 19 heavy (non-hydrogen) atoms. The molecule has 0 spiro atoms. The second-order valence-electron chi connectivity index (χ2n) is 4.79. The minimum atomic E-state index is -0.466. The van der Waals surface area contributed by atoms with Gasteiger partial charge in [-0.25, -0.2) is 4.98 Å². The van der Waals surface area contributed by atoms with Gasteiger partial charge >= 0.3 is 0 Å². The fourth-order valence-corrected chi connectivity index (χ4v) is 3.10. The molecule has 0 saturated heterocycles. The number of ketones is 1. The van der Waals surface area contributed by atoms with E-state index >= 15 is 0 Å². The lowest BCUT2D eigenvalue weighted by atomic mass is 9.84. The maximum Gasteiger partial charge on any atom is 0.300 e. The zero-order valence-electron chi connectivity index (χ0n) is 10.9. The first-order valence-electron chi connectivity index (χ1n) is 5.94. The van der Waals surface area contributed by atoms with E-state index in [-0.39, 0.29) is 17.4 Å². The molecule has 0 N–H and O–H groups in total. The van der Waals surface area contributed by atoms with Gasteiger partial charge in [-0.3, -0.25) is 14.9 Å². The number of Topliss-reactive ketones (excluding diaryl/α,β-unsaturated/α-hetero) is 1. The molecule has 1 aromatic carbocycles. The third-order valence-electron chi connectivity index (χ3n) is 3.13. The zero-order valence-corrected chi connectivity index (χ0v) is 11.7. The highest BCUT2D eigenvalue weighted by Gasteiger charge is 2.30. The fraction of sp³-hybridized carbons (Fsp3) is 0.385. The van der Waals surface area contributed by atoms with E-state index in [4.69, 9.17) is 0 Å². The number of nitro groups is 1. The predicted octanol–water partition coefficient (Wildman–Crippen LogP) is 3.53. The van der Waals surface area contributed by atoms with Crippen molar-refractivity contribution in [2.24, 2.45) is 5.92 Å². The van der Waals surface area contributed by atoms with Crippen LogP contribution >= 0.6 is 11.3 Å². The van der Waals surface area contributed by atoms with E-state index in [0.717, 1.165) is 4.70 Å². The Morgan fingerprint density at radius 3 is 2.63 bits per heavy atom. The summed E-state index contributed by atoms with van der Waals surface area (Å²) >= 11 is 1.36. The molecular formula is C13H14N2O3S. The monoisotopic (exact) mass is 278 g/mol. The first-order valence-corrected chi connectivity index (χ1v) is 6.82. The van der Waals surface area contributed by atoms with Crippen molar-refractivity contribution in [2.75, 3.05) is 0 Å². The minimum Gasteiger partial charge on any atom is -0.299 e. The van der Waals surface area contributed by atoms with Crippen molar-refractivity contribution < 1.29 is 9.72 Å². The van der Waals surface area contributed by atoms with Gasteiger partial charge < -0.3 is 0 Å². The van der Waals surface area contributed by atoms with Crippen LogP contribution in [-0.2, 0) is 4.79 Å². The van der Waals surface area contributed by atoms with Gasteiger partial charge in [0.1, 0.15) is 5.78 Å². The SMILES string of the molecule is CC(=O)C(c1ccc2scnc2c1[N+](=O)[O-])C(C)C. The molecule has 0 amide bonds. The molecule has 1 unspecified atom stereocenters. The molecule has 100 valence electrons. The number of carbonyl (C=O) groups excluding carboxylic acids is 1. The first-order chi connectivity index (χ1) is 8.93. The van der Waals surface area contributed by atoms with Gasteiger partial charge in [0, 0.05) is 5.56 Å². The number of aromatic nitrogens is 1. The Kier molecular flexibility index (Phi) is 3.61. The topological polar surface area (TPSA) is 73.1 Å². The van der Waals surface area contributed by atoms with E-state index in [1.807, 2.05) is 13.8 Å². The molecule has 0 fully saturated rings. The van der Waals surface area contributed by atoms with Gasteiger partial charge in [-0.2, -0.15) is 0 Å². The average Bonchev–Trinajstić information content (AvgIpc) is 2.74. The third kappa shape index (κ3) is 2.35. The first kappa shape index (κ1) is 13.6. The quantitative estimate of drug-likeness (QED) is 0.633. The Hall–Kier alpha value is -1.82. The fourth-order valence-electron chi connectivity index (χ4n) is 2.42. The minimum absolute atomic E-state index is 0.00675. The highest BCUT2D eigenvalue weighted by atomic mass is 32.1. The Morgan fingerprint density at radius 2 is 2.11 bits per heavy atom. The van der Waals surface area contributed by atoms with Crippen LogP contribution in [0.1, 0.15) is 32.3 Å². The number of nitrogens with zero attached hydrogens (tertiary/aromatic N) is 2. The smallest absolute Gasteiger partial charge is 0.299 e. The molecule has 1 atom stereocenters. The normalized spacial score (nSPS) is 12.8. The Bertz CT molecular complexity index is 648. The molecule has 0 saturated carbocycles. The lowest BCUT2D eigenvalue weighted by molar-refractivity contribution is -0.384. The molecular weight excluding hydrogens is 264 g/mol. The Morgan fingerprint density at radius 1 is 1.42 bits per heavy atom. The average molecular weight is 278 g/mol. The van der Waals surface area contributed by atoms with Crippen molar-refractivity contribution in [3.8, 4) is 0 Å². The summed E-state index contributed by atoms with van der Waals surface area (Å²) in [4.78, 5) is 26.8. The van der Waals surface area contributed by atoms with Gasteiger partial charge in [0.15, 0.2) is 5.52 Å². The number of rotatable bonds is 4. The van der Waals surface area contributed by atoms with Gasteiger partial charge in [0.25, 0.3) is 5.69 Å². The number of thiazole rings is 1. The summed E-state index contributed by atoms with van der Waals surface area (Å²) in [6, 6.07) is 3.48. The standard InChI is InChI=1S/C13H14N2O3S/c1-7(2)11(8(3)16)9-4-5-10-12(14-6-19-10)13(9)15(17)18/h4-7,11H,1-3H3. The summed E-state index contributed by atoms with van der Waals surface area (Å²) in [6.45, 7) is 5.25. The summed E-state index contributed by atoms with van der Waals surface area (Å²) in [7, 11) is 0. The van der Waals surface area contributed by atoms with Crippen molar-refractivity contribution >= 4 is 33.0 Å². The van der Waals surface area contributed by atoms with Crippen molar-refractivity contribution in [3.05, 3.63) is 33.3 Å². The molecule has 1 heterocycles. The van der Waals surface area contributed by atoms with E-state index in [2.05, 4.69) is 4.98 Å². The summed E-state index contributed by atoms with van der Waals surface area (Å²) in [6.07, 6.45) is 0. The summed E-state index contributed by atoms with van der Waals surface area (Å²) in [5.74, 6) is -0.522. The molecule has 0 radical (unpaired) electrons. The van der Waals surface area contributed by atoms with Crippen LogP contribution in [0.3, 0.4) is 0 Å². The molecule has 6 heteroatoms. The molecule has 5 nitrogen and oxygen atoms in total. The van der Waals surface area contributed by atoms with Crippen LogP contribution in [0.5, 0.6) is 0 Å². The zero-order chi connectivity index (χ0) is 14.2. The van der Waals surface area contributed by atoms with Crippen LogP contribution in [0.4, 0.5) is 5.69 Å². The lowest BCUT2D eigenvalue weighted by Crippen LogP contribution is -2.17. The van der Waals surface area contributed by atoms with Crippen molar-refractivity contribution in [1.29, 1.82) is 0 Å². The van der Waals surface area contributed by atoms with Crippen LogP contribution in [0.25, 0.3) is 10.2 Å². The summed E-state index contributed by atoms with van der Waals surface area (Å²) in [5.41, 5.74) is 2.39. The van der Waals surface area contributed by atoms with Crippen LogP contribution in [0.15, 0.2) is 17.6 Å². The van der Waals surface area contributed by atoms with Crippen LogP contribution in [0, 0.1) is 16.0 Å². The van der Waals surface area contributed by atoms with Gasteiger partial charge in [-0.05, 0) is 25.0 Å². The summed E-state index contributed by atoms with van der Waals surface area (Å²) in [5, 5.41) is 11.3. The summed E-state index contributed by atoms with van der Waals surface area (Å²) < 4.78 is 0.765. The lowest BCUT2D eigenvalue weighted by Gasteiger charge is -2.18. The van der Waals surface area contributed by atoms with Crippen LogP contribution in [-0.4, -0.2) is 15.7 Å². The Labute approximate surface area is 114 Å². The maximum atomic E-state index is 11.8. The molecule has 1 aromatic heterocycles. The largest absolute Gasteiger partial charge is 0.300 e. The highest BCUT2D eigenvalue weighted by Crippen LogP contribution is 2.38. The van der Waals surface area contributed by atoms with Crippen LogP contribution < -0.4 is 0 Å². The van der Waals surface area contributed by atoms with Crippen molar-refractivity contribution in [3.63, 3.8) is 0 Å². The van der Waals surface area contributed by atoms with E-state index in [9.17, 15) is 14.9 Å². The molecule has 0 aliphatic carbocycles. The predicted molar refractivity (Wildman–Crippen MR) is 74.5 cm³/mol. The third-order valence-corrected chi connectivity index (χ3v) is 3.92. The van der Waals surface area contributed by atoms with Gasteiger partial charge in [-0.15, -0.1) is 11.3 Å². The number of hydrogen-bond acceptors (Lipinski definition) is 5. The highest BCUT2D eigenvalue weighted by molar-refractivity contribution is 7.16. The molecule has 0 bridgehead atoms. The van der Waals surface area contributed by atoms with Crippen molar-refractivity contribution in [2.45, 2.75) is 26.7 Å². The number of nitro benzene ring substituents is 1. The van der Waals surface area contributed by atoms with E-state index in [0.29, 0.717) is 11.1 Å². The second kappa shape index (κ2) is 5.05. The van der Waals surface area contributed by atoms with E-state index in [1.54, 1.807) is 17.6 Å². The van der Waals surface area contributed by atoms with Crippen LogP contribution in [0.2, 0.25) is 0 Å². The number of benzene rings is 1. The second-order valence-corrected chi connectivity index (χ2v) is 5.68. The molecule has 0 aliphatic heterocycles. The number of carbonyl (C=O) groups is 1. The van der Waals surface area contributed by atoms with Gasteiger partial charge in [0.2, 0.25) is 0 Å². The van der Waals surface area contributed by atoms with Gasteiger partial charge in [0.05, 0.1) is 21.1 Å². The van der Waals surface area contributed by atoms with E-state index in [1.165, 1.54) is 18.3 Å². The molecule has 0 aliphatic rings. The van der Waals surface area contributed by atoms with E-state index < -0.39 is 10.8 Å². The molecule has 2 rings (SSSR count). The van der Waals surface area contributed by atoms with Gasteiger partial charge in [-0.1, -0.05) is 13.8 Å². The van der Waals surface area contributed by atoms with Crippen molar-refractivity contribution in [1.82, 2.24) is 4.98 Å². The number of fused-ring (bicyclic) bond motifs is 1. The molecule has 2 aromatic rings. The Balaban J connectivity index is 2.74. The maximum absolute atomic E-state index is 11.8. The number of hydrogen-bond donors (Lipinski definition) is 0.